The van der Waals surface area contributed by atoms with E-state index in [0.29, 0.717) is 6.54 Å². The molecule has 1 N–H and O–H groups in total. The monoisotopic (exact) mass is 397 g/mol. The molecule has 2 aromatic carbocycles. The van der Waals surface area contributed by atoms with Crippen LogP contribution in [0.3, 0.4) is 0 Å². The highest BCUT2D eigenvalue weighted by molar-refractivity contribution is 5.74. The summed E-state index contributed by atoms with van der Waals surface area (Å²) in [5.41, 5.74) is 4.41. The van der Waals surface area contributed by atoms with Gasteiger partial charge in [-0.1, -0.05) is 29.8 Å². The Morgan fingerprint density at radius 3 is 2.55 bits per heavy atom. The zero-order valence-corrected chi connectivity index (χ0v) is 17.8. The number of hydrogen-bond donors (Lipinski definition) is 1. The number of amides is 2. The molecule has 1 heterocycles. The van der Waals surface area contributed by atoms with Crippen molar-refractivity contribution in [3.63, 3.8) is 0 Å². The third kappa shape index (κ3) is 5.41. The molecule has 0 bridgehead atoms. The Morgan fingerprint density at radius 1 is 1.21 bits per heavy atom. The fourth-order valence-corrected chi connectivity index (χ4v) is 3.54. The molecular weight excluding hydrogens is 366 g/mol. The van der Waals surface area contributed by atoms with E-state index >= 15 is 0 Å². The predicted octanol–water partition coefficient (Wildman–Crippen LogP) is 3.74. The molecule has 1 unspecified atom stereocenters. The van der Waals surface area contributed by atoms with Gasteiger partial charge < -0.3 is 24.6 Å². The summed E-state index contributed by atoms with van der Waals surface area (Å²) in [5.74, 6) is 0.782. The van der Waals surface area contributed by atoms with Gasteiger partial charge in [0.1, 0.15) is 5.75 Å². The number of carbonyl (C=O) groups excluding carboxylic acids is 1. The summed E-state index contributed by atoms with van der Waals surface area (Å²) in [7, 11) is 3.46. The van der Waals surface area contributed by atoms with Gasteiger partial charge in [-0.3, -0.25) is 0 Å². The van der Waals surface area contributed by atoms with Crippen LogP contribution in [0.15, 0.2) is 42.5 Å². The van der Waals surface area contributed by atoms with E-state index in [1.807, 2.05) is 39.1 Å². The van der Waals surface area contributed by atoms with Gasteiger partial charge in [-0.25, -0.2) is 4.79 Å². The van der Waals surface area contributed by atoms with Crippen molar-refractivity contribution >= 4 is 11.7 Å². The Morgan fingerprint density at radius 2 is 1.90 bits per heavy atom. The third-order valence-electron chi connectivity index (χ3n) is 5.27. The molecule has 1 aliphatic heterocycles. The van der Waals surface area contributed by atoms with Crippen LogP contribution < -0.4 is 15.0 Å². The molecule has 0 radical (unpaired) electrons. The fourth-order valence-electron chi connectivity index (χ4n) is 3.54. The number of methoxy groups -OCH3 is 1. The van der Waals surface area contributed by atoms with E-state index in [4.69, 9.17) is 9.47 Å². The van der Waals surface area contributed by atoms with Crippen LogP contribution >= 0.6 is 0 Å². The number of nitrogens with zero attached hydrogens (tertiary/aromatic N) is 2. The Bertz CT molecular complexity index is 817. The molecule has 0 aliphatic carbocycles. The lowest BCUT2D eigenvalue weighted by atomic mass is 10.0. The normalized spacial score (nSPS) is 15.0. The van der Waals surface area contributed by atoms with E-state index in [9.17, 15) is 4.79 Å². The van der Waals surface area contributed by atoms with Crippen LogP contribution in [0.25, 0.3) is 0 Å². The molecule has 1 saturated heterocycles. The first-order valence-electron chi connectivity index (χ1n) is 10.1. The van der Waals surface area contributed by atoms with Crippen LogP contribution in [-0.2, 0) is 11.3 Å². The maximum absolute atomic E-state index is 12.7. The van der Waals surface area contributed by atoms with Crippen LogP contribution in [0.1, 0.15) is 29.7 Å². The van der Waals surface area contributed by atoms with Crippen molar-refractivity contribution in [1.82, 2.24) is 10.2 Å². The smallest absolute Gasteiger partial charge is 0.317 e. The Hall–Kier alpha value is -2.73. The van der Waals surface area contributed by atoms with Gasteiger partial charge in [-0.2, -0.15) is 0 Å². The SMILES string of the molecule is COc1ccc(C)cc1C(C)NC(=O)N(C)Cc1ccc(N2CCOCC2)cc1. The van der Waals surface area contributed by atoms with E-state index < -0.39 is 0 Å². The fraction of sp³-hybridized carbons (Fsp3) is 0.435. The number of aryl methyl sites for hydroxylation is 1. The van der Waals surface area contributed by atoms with Gasteiger partial charge in [-0.05, 0) is 37.6 Å². The maximum atomic E-state index is 12.7. The van der Waals surface area contributed by atoms with Crippen LogP contribution in [0.2, 0.25) is 0 Å². The predicted molar refractivity (Wildman–Crippen MR) is 116 cm³/mol. The number of ether oxygens (including phenoxy) is 2. The highest BCUT2D eigenvalue weighted by atomic mass is 16.5. The van der Waals surface area contributed by atoms with Gasteiger partial charge in [0.15, 0.2) is 0 Å². The van der Waals surface area contributed by atoms with Gasteiger partial charge in [-0.15, -0.1) is 0 Å². The average Bonchev–Trinajstić information content (AvgIpc) is 2.74. The molecule has 6 heteroatoms. The molecule has 156 valence electrons. The lowest BCUT2D eigenvalue weighted by Gasteiger charge is -2.29. The zero-order valence-electron chi connectivity index (χ0n) is 17.8. The van der Waals surface area contributed by atoms with Crippen molar-refractivity contribution in [3.8, 4) is 5.75 Å². The minimum atomic E-state index is -0.150. The zero-order chi connectivity index (χ0) is 20.8. The maximum Gasteiger partial charge on any atom is 0.317 e. The highest BCUT2D eigenvalue weighted by Crippen LogP contribution is 2.26. The van der Waals surface area contributed by atoms with E-state index in [0.717, 1.165) is 48.7 Å². The van der Waals surface area contributed by atoms with Crippen molar-refractivity contribution in [3.05, 3.63) is 59.2 Å². The summed E-state index contributed by atoms with van der Waals surface area (Å²) in [5, 5.41) is 3.07. The van der Waals surface area contributed by atoms with E-state index in [-0.39, 0.29) is 12.1 Å². The molecule has 29 heavy (non-hydrogen) atoms. The number of benzene rings is 2. The van der Waals surface area contributed by atoms with Gasteiger partial charge in [0.2, 0.25) is 0 Å². The Kier molecular flexibility index (Phi) is 6.99. The first-order valence-corrected chi connectivity index (χ1v) is 10.1. The molecule has 1 aliphatic rings. The summed E-state index contributed by atoms with van der Waals surface area (Å²) in [6.07, 6.45) is 0. The Labute approximate surface area is 173 Å². The average molecular weight is 398 g/mol. The number of hydrogen-bond acceptors (Lipinski definition) is 4. The lowest BCUT2D eigenvalue weighted by molar-refractivity contribution is 0.122. The Balaban J connectivity index is 1.58. The van der Waals surface area contributed by atoms with Gasteiger partial charge in [0, 0.05) is 37.9 Å². The lowest BCUT2D eigenvalue weighted by Crippen LogP contribution is -2.38. The summed E-state index contributed by atoms with van der Waals surface area (Å²) >= 11 is 0. The van der Waals surface area contributed by atoms with E-state index in [1.165, 1.54) is 5.69 Å². The molecule has 0 saturated carbocycles. The molecule has 0 spiro atoms. The summed E-state index contributed by atoms with van der Waals surface area (Å²) in [4.78, 5) is 16.7. The minimum Gasteiger partial charge on any atom is -0.496 e. The largest absolute Gasteiger partial charge is 0.496 e. The molecule has 0 aromatic heterocycles. The topological polar surface area (TPSA) is 54.0 Å². The van der Waals surface area contributed by atoms with Crippen molar-refractivity contribution < 1.29 is 14.3 Å². The second kappa shape index (κ2) is 9.65. The first-order chi connectivity index (χ1) is 14.0. The summed E-state index contributed by atoms with van der Waals surface area (Å²) in [6, 6.07) is 14.1. The van der Waals surface area contributed by atoms with Crippen LogP contribution in [0.4, 0.5) is 10.5 Å². The molecule has 6 nitrogen and oxygen atoms in total. The van der Waals surface area contributed by atoms with Crippen molar-refractivity contribution in [2.45, 2.75) is 26.4 Å². The minimum absolute atomic E-state index is 0.113. The number of urea groups is 1. The van der Waals surface area contributed by atoms with Gasteiger partial charge >= 0.3 is 6.03 Å². The van der Waals surface area contributed by atoms with Crippen molar-refractivity contribution in [2.24, 2.45) is 0 Å². The second-order valence-corrected chi connectivity index (χ2v) is 7.54. The van der Waals surface area contributed by atoms with Crippen LogP contribution in [-0.4, -0.2) is 51.4 Å². The molecule has 2 aromatic rings. The third-order valence-corrected chi connectivity index (χ3v) is 5.27. The standard InChI is InChI=1S/C23H31N3O3/c1-17-5-10-22(28-4)21(15-17)18(2)24-23(27)25(3)16-19-6-8-20(9-7-19)26-11-13-29-14-12-26/h5-10,15,18H,11-14,16H2,1-4H3,(H,24,27). The van der Waals surface area contributed by atoms with E-state index in [2.05, 4.69) is 34.5 Å². The molecule has 2 amide bonds. The van der Waals surface area contributed by atoms with Crippen molar-refractivity contribution in [2.75, 3.05) is 45.4 Å². The molecular formula is C23H31N3O3. The number of nitrogens with one attached hydrogen (secondary N) is 1. The quantitative estimate of drug-likeness (QED) is 0.807. The molecule has 3 rings (SSSR count). The van der Waals surface area contributed by atoms with Crippen LogP contribution in [0, 0.1) is 6.92 Å². The van der Waals surface area contributed by atoms with Gasteiger partial charge in [0.05, 0.1) is 26.4 Å². The summed E-state index contributed by atoms with van der Waals surface area (Å²) < 4.78 is 10.9. The van der Waals surface area contributed by atoms with Gasteiger partial charge in [0.25, 0.3) is 0 Å². The van der Waals surface area contributed by atoms with Crippen LogP contribution in [0.5, 0.6) is 5.75 Å². The molecule has 1 fully saturated rings. The summed E-state index contributed by atoms with van der Waals surface area (Å²) in [6.45, 7) is 7.93. The highest BCUT2D eigenvalue weighted by Gasteiger charge is 2.17. The number of rotatable bonds is 6. The second-order valence-electron chi connectivity index (χ2n) is 7.54. The molecule has 1 atom stereocenters. The van der Waals surface area contributed by atoms with E-state index in [1.54, 1.807) is 12.0 Å². The number of morpholine rings is 1. The first kappa shape index (κ1) is 21.0. The van der Waals surface area contributed by atoms with Crippen molar-refractivity contribution in [1.29, 1.82) is 0 Å². The number of anilines is 1. The number of carbonyl (C=O) groups is 1.